The van der Waals surface area contributed by atoms with E-state index in [0.717, 1.165) is 126 Å². The van der Waals surface area contributed by atoms with Crippen molar-refractivity contribution in [3.8, 4) is 17.6 Å². The molecule has 0 aromatic carbocycles. The molecule has 0 spiro atoms. The number of aryl methyl sites for hydroxylation is 4. The topological polar surface area (TPSA) is 448 Å². The Hall–Kier alpha value is -11.7. The molecule has 11 heterocycles. The highest BCUT2D eigenvalue weighted by molar-refractivity contribution is 9.08. The van der Waals surface area contributed by atoms with E-state index in [1.54, 1.807) is 92.3 Å². The maximum atomic E-state index is 12.8. The van der Waals surface area contributed by atoms with Gasteiger partial charge in [0, 0.05) is 81.7 Å². The molecule has 13 rings (SSSR count). The summed E-state index contributed by atoms with van der Waals surface area (Å²) in [5.74, 6) is -1.99. The zero-order chi connectivity index (χ0) is 94.7. The highest BCUT2D eigenvalue weighted by Crippen LogP contribution is 2.32. The van der Waals surface area contributed by atoms with E-state index < -0.39 is 47.7 Å². The van der Waals surface area contributed by atoms with Gasteiger partial charge in [-0.2, -0.15) is 0 Å². The number of hydrogen-bond donors (Lipinski definition) is 5. The predicted molar refractivity (Wildman–Crippen MR) is 475 cm³/mol. The Balaban J connectivity index is 0.000000231. The van der Waals surface area contributed by atoms with Crippen molar-refractivity contribution < 1.29 is 116 Å². The first-order valence-electron chi connectivity index (χ1n) is 41.5. The third-order valence-corrected chi connectivity index (χ3v) is 21.0. The summed E-state index contributed by atoms with van der Waals surface area (Å²) in [7, 11) is 6.51. The lowest BCUT2D eigenvalue weighted by molar-refractivity contribution is -0.906. The molecule has 0 unspecified atom stereocenters. The number of unbranched alkanes of at least 4 members (excludes halogenated alkanes) is 1. The van der Waals surface area contributed by atoms with Crippen LogP contribution < -0.4 is 29.7 Å². The molecule has 2 saturated carbocycles. The van der Waals surface area contributed by atoms with E-state index in [0.29, 0.717) is 102 Å². The van der Waals surface area contributed by atoms with E-state index in [2.05, 4.69) is 79.8 Å². The van der Waals surface area contributed by atoms with E-state index in [-0.39, 0.29) is 76.6 Å². The first-order valence-corrected chi connectivity index (χ1v) is 43.8. The molecule has 2 aliphatic carbocycles. The second-order valence-electron chi connectivity index (χ2n) is 29.8. The first kappa shape index (κ1) is 106. The quantitative estimate of drug-likeness (QED) is 0.00650. The Morgan fingerprint density at radius 1 is 0.496 bits per heavy atom. The highest BCUT2D eigenvalue weighted by Gasteiger charge is 2.32. The summed E-state index contributed by atoms with van der Waals surface area (Å²) in [6.07, 6.45) is 15.9. The third kappa shape index (κ3) is 35.0. The van der Waals surface area contributed by atoms with Gasteiger partial charge in [0.15, 0.2) is 11.4 Å². The van der Waals surface area contributed by atoms with Gasteiger partial charge in [-0.25, -0.2) is 73.9 Å². The summed E-state index contributed by atoms with van der Waals surface area (Å²) in [5.41, 5.74) is 10.3. The molecular formula is C90H111BrCl3N12O23+. The van der Waals surface area contributed by atoms with E-state index in [4.69, 9.17) is 68.8 Å². The number of aromatic nitrogens is 8. The fourth-order valence-electron chi connectivity index (χ4n) is 12.6. The monoisotopic (exact) mass is 1910 g/mol. The smallest absolute Gasteiger partial charge is 0.408 e. The van der Waals surface area contributed by atoms with E-state index >= 15 is 0 Å². The van der Waals surface area contributed by atoms with Gasteiger partial charge < -0.3 is 67.6 Å². The number of methoxy groups -OCH3 is 5. The van der Waals surface area contributed by atoms with Gasteiger partial charge in [0.25, 0.3) is 5.91 Å². The van der Waals surface area contributed by atoms with Crippen LogP contribution in [0.4, 0.5) is 0 Å². The van der Waals surface area contributed by atoms with Crippen molar-refractivity contribution in [1.82, 2.24) is 55.5 Å². The van der Waals surface area contributed by atoms with Gasteiger partial charge in [-0.3, -0.25) is 24.8 Å². The number of hydrogen-bond acceptors (Lipinski definition) is 31. The minimum atomic E-state index is -0.684. The number of carbonyl (C=O) groups excluding carboxylic acids is 10. The van der Waals surface area contributed by atoms with Crippen LogP contribution in [-0.4, -0.2) is 214 Å². The SMILES string of the molecule is CC(C)OC(=O)c1ccc2c(n1)OCCN(C(=O)C1CCCCC1)C2.CC(C)OC(=O)c1ccc2c(n1)OCCNC2.COC(=O)c1ccc(C)c(Cl)n1.COC(=O)c1ccc(C)c[n+]1O.COC(=O)c1ccc(C)cn1.COC(=O)c1ccc(CBr)c(Cl)n1.COC(=O)c1ccc(CCCCO)c(Cl)n1.O=C(NO)c1ccc2c(n1)OCCN(C(=O)C1CCCCC1)C2. The Morgan fingerprint density at radius 2 is 0.907 bits per heavy atom. The van der Waals surface area contributed by atoms with Crippen LogP contribution in [0.2, 0.25) is 15.5 Å². The minimum Gasteiger partial charge on any atom is -0.476 e. The number of fused-ring (bicyclic) bond motifs is 3. The number of pyridine rings is 8. The van der Waals surface area contributed by atoms with Crippen LogP contribution in [0.15, 0.2) is 109 Å². The number of alkyl halides is 1. The van der Waals surface area contributed by atoms with Crippen molar-refractivity contribution in [2.24, 2.45) is 11.8 Å². The fraction of sp³-hybridized carbons (Fsp3) is 0.444. The van der Waals surface area contributed by atoms with E-state index in [9.17, 15) is 53.2 Å². The molecule has 5 aliphatic rings. The Bertz CT molecular complexity index is 5070. The van der Waals surface area contributed by atoms with Crippen LogP contribution in [0.1, 0.15) is 233 Å². The lowest BCUT2D eigenvalue weighted by Gasteiger charge is -2.28. The number of nitrogens with one attached hydrogen (secondary N) is 2. The Morgan fingerprint density at radius 3 is 1.34 bits per heavy atom. The number of amides is 3. The molecular weight excluding hydrogens is 1800 g/mol. The molecule has 2 fully saturated rings. The highest BCUT2D eigenvalue weighted by atomic mass is 79.9. The van der Waals surface area contributed by atoms with Gasteiger partial charge >= 0.3 is 47.5 Å². The Kier molecular flexibility index (Phi) is 46.0. The molecule has 0 radical (unpaired) electrons. The summed E-state index contributed by atoms with van der Waals surface area (Å²) >= 11 is 20.7. The van der Waals surface area contributed by atoms with Crippen molar-refractivity contribution >= 4 is 110 Å². The zero-order valence-corrected chi connectivity index (χ0v) is 78.0. The number of nitrogens with zero attached hydrogens (tertiary/aromatic N) is 10. The minimum absolute atomic E-state index is 0.0818. The molecule has 129 heavy (non-hydrogen) atoms. The molecule has 3 amide bonds. The van der Waals surface area contributed by atoms with Crippen LogP contribution >= 0.6 is 50.7 Å². The molecule has 35 nitrogen and oxygen atoms in total. The second kappa shape index (κ2) is 55.9. The van der Waals surface area contributed by atoms with Gasteiger partial charge in [-0.15, -0.1) is 0 Å². The van der Waals surface area contributed by atoms with Gasteiger partial charge in [-0.05, 0) is 177 Å². The summed E-state index contributed by atoms with van der Waals surface area (Å²) in [4.78, 5) is 147. The number of hydroxylamine groups is 1. The number of ether oxygens (including phenoxy) is 10. The number of rotatable bonds is 17. The van der Waals surface area contributed by atoms with Crippen LogP contribution in [0, 0.1) is 32.6 Å². The maximum absolute atomic E-state index is 12.8. The molecule has 0 saturated heterocycles. The van der Waals surface area contributed by atoms with Gasteiger partial charge in [0.2, 0.25) is 35.7 Å². The van der Waals surface area contributed by atoms with Crippen molar-refractivity contribution in [3.05, 3.63) is 215 Å². The summed E-state index contributed by atoms with van der Waals surface area (Å²) in [5, 5.41) is 31.3. The van der Waals surface area contributed by atoms with Crippen LogP contribution in [-0.2, 0) is 74.1 Å². The fourth-order valence-corrected chi connectivity index (χ4v) is 13.8. The van der Waals surface area contributed by atoms with Crippen LogP contribution in [0.25, 0.3) is 0 Å². The molecule has 696 valence electrons. The van der Waals surface area contributed by atoms with Crippen molar-refractivity contribution in [2.45, 2.75) is 169 Å². The normalized spacial score (nSPS) is 13.6. The van der Waals surface area contributed by atoms with Crippen molar-refractivity contribution in [2.75, 3.05) is 81.6 Å². The molecule has 0 atom stereocenters. The summed E-state index contributed by atoms with van der Waals surface area (Å²) in [6, 6.07) is 26.8. The molecule has 39 heteroatoms. The number of halogens is 4. The molecule has 0 bridgehead atoms. The van der Waals surface area contributed by atoms with Crippen LogP contribution in [0.5, 0.6) is 17.6 Å². The first-order chi connectivity index (χ1) is 61.8. The zero-order valence-electron chi connectivity index (χ0n) is 74.2. The third-order valence-electron chi connectivity index (χ3n) is 19.4. The lowest BCUT2D eigenvalue weighted by atomic mass is 9.88. The standard InChI is InChI=1S/C19H26N2O4.C16H21N3O4.C12H16N2O3.C11H14ClNO3.C8H7BrClNO2.C8H8ClNO2.C8H10NO3.C8H9NO2/c1-13(2)25-19(23)16-9-8-15-12-21(10-11-24-17(15)20-16)18(22)14-6-4-3-5-7-14;20-14(18-22)13-7-6-12-10-19(8-9-23-15(12)17-13)16(21)11-4-2-1-3-5-11;1-8(2)17-12(15)10-4-3-9-7-13-5-6-16-11(9)14-10;1-16-11(15)9-6-5-8(10(12)13-9)4-2-3-7-14;1-13-8(12)6-3-2-5(4-9)7(10)11-6;1-5-3-4-6(8(11)12-2)10-7(5)9;1-6-3-4-7(8(10)12-2)9(11)5-6;1-6-3-4-7(9-5-6)8(10)11-2/h8-9,13-14H,3-7,10-12H2,1-2H3;6-7,11,22H,1-5,8-10H2,(H,18,20);3-4,8,13H,5-7H2,1-2H3;5-6,14H,2-4,7H2,1H3;2-3H,4H2,1H3;3-4H,1-2H3;3-5,11H,1-2H3;3-5H,1-2H3/q;;;;;;+1;. The molecule has 3 aliphatic heterocycles. The van der Waals surface area contributed by atoms with Crippen molar-refractivity contribution in [1.29, 1.82) is 0 Å². The number of aliphatic hydroxyl groups is 1. The number of carbonyl (C=O) groups is 10. The van der Waals surface area contributed by atoms with E-state index in [1.807, 2.05) is 62.6 Å². The Labute approximate surface area is 771 Å². The molecule has 8 aromatic rings. The van der Waals surface area contributed by atoms with Gasteiger partial charge in [0.05, 0.1) is 73.9 Å². The molecule has 5 N–H and O–H groups in total. The predicted octanol–water partition coefficient (Wildman–Crippen LogP) is 13.1. The number of esters is 7. The number of aliphatic hydroxyl groups excluding tert-OH is 1. The average Bonchev–Trinajstić information content (AvgIpc) is 1.73. The van der Waals surface area contributed by atoms with Crippen molar-refractivity contribution in [3.63, 3.8) is 0 Å². The van der Waals surface area contributed by atoms with Crippen LogP contribution in [0.3, 0.4) is 0 Å². The second-order valence-corrected chi connectivity index (χ2v) is 31.4. The summed E-state index contributed by atoms with van der Waals surface area (Å²) in [6.45, 7) is 17.7. The van der Waals surface area contributed by atoms with E-state index in [1.165, 1.54) is 66.7 Å². The van der Waals surface area contributed by atoms with Gasteiger partial charge in [0.1, 0.15) is 63.7 Å². The largest absolute Gasteiger partial charge is 0.476 e. The van der Waals surface area contributed by atoms with Gasteiger partial charge in [-0.1, -0.05) is 114 Å². The summed E-state index contributed by atoms with van der Waals surface area (Å²) < 4.78 is 50.2. The maximum Gasteiger partial charge on any atom is 0.408 e. The lowest BCUT2D eigenvalue weighted by Crippen LogP contribution is -2.37. The average molecular weight is 1920 g/mol. The molecule has 8 aromatic heterocycles.